The van der Waals surface area contributed by atoms with Crippen LogP contribution in [0.3, 0.4) is 0 Å². The molecule has 0 fully saturated rings. The van der Waals surface area contributed by atoms with Gasteiger partial charge in [-0.1, -0.05) is 35.9 Å². The summed E-state index contributed by atoms with van der Waals surface area (Å²) in [4.78, 5) is 16.8. The van der Waals surface area contributed by atoms with Crippen molar-refractivity contribution in [3.8, 4) is 17.0 Å². The molecule has 2 aromatic carbocycles. The summed E-state index contributed by atoms with van der Waals surface area (Å²) in [5, 5.41) is 0.646. The van der Waals surface area contributed by atoms with E-state index in [4.69, 9.17) is 16.3 Å². The van der Waals surface area contributed by atoms with Crippen LogP contribution in [0.1, 0.15) is 10.4 Å². The minimum absolute atomic E-state index is 0.0373. The molecule has 0 aliphatic heterocycles. The third-order valence-corrected chi connectivity index (χ3v) is 3.98. The number of para-hydroxylation sites is 1. The van der Waals surface area contributed by atoms with Crippen molar-refractivity contribution >= 4 is 17.4 Å². The number of Topliss-reactive ketones (excluding diaryl/α,β-unsaturated/α-hetero) is 1. The van der Waals surface area contributed by atoms with Crippen LogP contribution in [0.2, 0.25) is 5.02 Å². The van der Waals surface area contributed by atoms with Crippen LogP contribution in [0, 0.1) is 0 Å². The number of hydrogen-bond acceptors (Lipinski definition) is 3. The van der Waals surface area contributed by atoms with Gasteiger partial charge < -0.3 is 4.74 Å². The Hall–Kier alpha value is -2.72. The van der Waals surface area contributed by atoms with Crippen molar-refractivity contribution in [2.24, 2.45) is 0 Å². The summed E-state index contributed by atoms with van der Waals surface area (Å²) in [5.74, 6) is 0.536. The van der Waals surface area contributed by atoms with Crippen molar-refractivity contribution in [1.29, 1.82) is 0 Å². The van der Waals surface area contributed by atoms with Gasteiger partial charge in [0.15, 0.2) is 12.2 Å². The van der Waals surface area contributed by atoms with Gasteiger partial charge in [0.05, 0.1) is 23.9 Å². The van der Waals surface area contributed by atoms with Crippen LogP contribution < -0.4 is 9.30 Å². The molecule has 3 aromatic rings. The second-order valence-electron chi connectivity index (χ2n) is 5.22. The molecular formula is C19H16ClN2O2+. The van der Waals surface area contributed by atoms with Crippen LogP contribution in [0.15, 0.2) is 67.1 Å². The second kappa shape index (κ2) is 7.23. The van der Waals surface area contributed by atoms with E-state index in [0.29, 0.717) is 16.3 Å². The van der Waals surface area contributed by atoms with E-state index in [1.165, 1.54) is 0 Å². The number of nitrogens with zero attached hydrogens (tertiary/aromatic N) is 2. The van der Waals surface area contributed by atoms with Crippen LogP contribution in [0.25, 0.3) is 11.3 Å². The van der Waals surface area contributed by atoms with Gasteiger partial charge in [0.2, 0.25) is 5.78 Å². The highest BCUT2D eigenvalue weighted by atomic mass is 35.5. The van der Waals surface area contributed by atoms with E-state index in [2.05, 4.69) is 4.98 Å². The van der Waals surface area contributed by atoms with Crippen molar-refractivity contribution < 1.29 is 14.1 Å². The summed E-state index contributed by atoms with van der Waals surface area (Å²) < 4.78 is 6.97. The van der Waals surface area contributed by atoms with Gasteiger partial charge in [-0.2, -0.15) is 0 Å². The van der Waals surface area contributed by atoms with Gasteiger partial charge in [-0.25, -0.2) is 4.57 Å². The number of ether oxygens (including phenoxy) is 1. The molecule has 0 unspecified atom stereocenters. The highest BCUT2D eigenvalue weighted by Crippen LogP contribution is 2.24. The van der Waals surface area contributed by atoms with E-state index < -0.39 is 0 Å². The predicted octanol–water partition coefficient (Wildman–Crippen LogP) is 3.58. The molecule has 0 atom stereocenters. The fourth-order valence-corrected chi connectivity index (χ4v) is 2.66. The lowest BCUT2D eigenvalue weighted by Gasteiger charge is -2.06. The topological polar surface area (TPSA) is 43.1 Å². The number of benzene rings is 2. The Kier molecular flexibility index (Phi) is 4.87. The number of hydrogen-bond donors (Lipinski definition) is 0. The standard InChI is InChI=1S/C19H16ClN2O2/c1-24-19-9-5-3-7-15(19)18(23)12-22-11-10-17(21-13-22)14-6-2-4-8-16(14)20/h2-11,13H,12H2,1H3/q+1. The molecule has 4 nitrogen and oxygen atoms in total. The van der Waals surface area contributed by atoms with Crippen LogP contribution in [0.5, 0.6) is 5.75 Å². The highest BCUT2D eigenvalue weighted by Gasteiger charge is 2.15. The third-order valence-electron chi connectivity index (χ3n) is 3.65. The van der Waals surface area contributed by atoms with Gasteiger partial charge in [-0.3, -0.25) is 4.79 Å². The van der Waals surface area contributed by atoms with E-state index in [1.54, 1.807) is 30.1 Å². The van der Waals surface area contributed by atoms with Gasteiger partial charge in [0, 0.05) is 11.6 Å². The molecule has 120 valence electrons. The van der Waals surface area contributed by atoms with Crippen LogP contribution in [-0.2, 0) is 6.54 Å². The monoisotopic (exact) mass is 339 g/mol. The number of carbonyl (C=O) groups is 1. The minimum atomic E-state index is -0.0373. The highest BCUT2D eigenvalue weighted by molar-refractivity contribution is 6.33. The van der Waals surface area contributed by atoms with E-state index in [1.807, 2.05) is 48.7 Å². The van der Waals surface area contributed by atoms with Gasteiger partial charge >= 0.3 is 0 Å². The summed E-state index contributed by atoms with van der Waals surface area (Å²) >= 11 is 6.18. The molecule has 0 bridgehead atoms. The number of methoxy groups -OCH3 is 1. The molecule has 0 saturated carbocycles. The zero-order valence-corrected chi connectivity index (χ0v) is 13.9. The molecule has 1 heterocycles. The summed E-state index contributed by atoms with van der Waals surface area (Å²) in [7, 11) is 1.55. The Morgan fingerprint density at radius 2 is 1.88 bits per heavy atom. The maximum atomic E-state index is 12.5. The first-order valence-electron chi connectivity index (χ1n) is 7.45. The van der Waals surface area contributed by atoms with Gasteiger partial charge in [-0.15, -0.1) is 0 Å². The Balaban J connectivity index is 1.79. The molecular weight excluding hydrogens is 324 g/mol. The molecule has 5 heteroatoms. The van der Waals surface area contributed by atoms with Crippen molar-refractivity contribution in [3.63, 3.8) is 0 Å². The number of carbonyl (C=O) groups excluding carboxylic acids is 1. The quantitative estimate of drug-likeness (QED) is 0.527. The lowest BCUT2D eigenvalue weighted by molar-refractivity contribution is -0.686. The fourth-order valence-electron chi connectivity index (χ4n) is 2.43. The lowest BCUT2D eigenvalue weighted by atomic mass is 10.1. The number of halogens is 1. The first-order valence-corrected chi connectivity index (χ1v) is 7.83. The summed E-state index contributed by atoms with van der Waals surface area (Å²) in [6.45, 7) is 0.191. The van der Waals surface area contributed by atoms with E-state index in [-0.39, 0.29) is 12.3 Å². The second-order valence-corrected chi connectivity index (χ2v) is 5.63. The largest absolute Gasteiger partial charge is 0.496 e. The lowest BCUT2D eigenvalue weighted by Crippen LogP contribution is -2.37. The normalized spacial score (nSPS) is 10.4. The van der Waals surface area contributed by atoms with Crippen LogP contribution in [-0.4, -0.2) is 17.9 Å². The molecule has 0 saturated heterocycles. The predicted molar refractivity (Wildman–Crippen MR) is 92.2 cm³/mol. The Morgan fingerprint density at radius 1 is 1.12 bits per heavy atom. The Bertz CT molecular complexity index is 863. The van der Waals surface area contributed by atoms with Crippen LogP contribution >= 0.6 is 11.6 Å². The summed E-state index contributed by atoms with van der Waals surface area (Å²) in [5.41, 5.74) is 2.19. The maximum Gasteiger partial charge on any atom is 0.287 e. The van der Waals surface area contributed by atoms with Gasteiger partial charge in [0.25, 0.3) is 6.33 Å². The average molecular weight is 340 g/mol. The molecule has 0 N–H and O–H groups in total. The number of aromatic nitrogens is 2. The van der Waals surface area contributed by atoms with Gasteiger partial charge in [0.1, 0.15) is 5.75 Å². The Morgan fingerprint density at radius 3 is 2.58 bits per heavy atom. The van der Waals surface area contributed by atoms with Crippen LogP contribution in [0.4, 0.5) is 0 Å². The first-order chi connectivity index (χ1) is 11.7. The average Bonchev–Trinajstić information content (AvgIpc) is 2.63. The summed E-state index contributed by atoms with van der Waals surface area (Å²) in [6, 6.07) is 16.6. The molecule has 1 aromatic heterocycles. The van der Waals surface area contributed by atoms with E-state index in [0.717, 1.165) is 11.3 Å². The molecule has 0 aliphatic rings. The smallest absolute Gasteiger partial charge is 0.287 e. The molecule has 0 amide bonds. The minimum Gasteiger partial charge on any atom is -0.496 e. The first kappa shape index (κ1) is 16.1. The van der Waals surface area contributed by atoms with Crippen molar-refractivity contribution in [2.45, 2.75) is 6.54 Å². The van der Waals surface area contributed by atoms with Gasteiger partial charge in [-0.05, 0) is 29.2 Å². The molecule has 3 rings (SSSR count). The number of ketones is 1. The maximum absolute atomic E-state index is 12.5. The third kappa shape index (κ3) is 3.44. The fraction of sp³-hybridized carbons (Fsp3) is 0.105. The molecule has 0 spiro atoms. The van der Waals surface area contributed by atoms with Crippen molar-refractivity contribution in [3.05, 3.63) is 77.7 Å². The zero-order valence-electron chi connectivity index (χ0n) is 13.1. The molecule has 24 heavy (non-hydrogen) atoms. The summed E-state index contributed by atoms with van der Waals surface area (Å²) in [6.07, 6.45) is 3.45. The van der Waals surface area contributed by atoms with Crippen molar-refractivity contribution in [2.75, 3.05) is 7.11 Å². The SMILES string of the molecule is COc1ccccc1C(=O)C[n+]1ccc(-c2ccccc2Cl)nc1. The molecule has 0 aliphatic carbocycles. The zero-order chi connectivity index (χ0) is 16.9. The van der Waals surface area contributed by atoms with Crippen molar-refractivity contribution in [1.82, 2.24) is 4.98 Å². The number of rotatable bonds is 5. The molecule has 0 radical (unpaired) electrons. The van der Waals surface area contributed by atoms with E-state index in [9.17, 15) is 4.79 Å². The Labute approximate surface area is 145 Å². The van der Waals surface area contributed by atoms with E-state index >= 15 is 0 Å².